The van der Waals surface area contributed by atoms with Crippen LogP contribution in [0.15, 0.2) is 61.9 Å². The second-order valence-corrected chi connectivity index (χ2v) is 9.77. The number of carbonyl (C=O) groups is 1. The molecule has 0 saturated heterocycles. The SMILES string of the molecule is CCNC(C)c1cc(N=Nc2c(C)[nH]n(-c3ccc4c(c3)CCCC4)c2=O)c(O)c(-c2ccc(C(=O)O)o2)c1. The second kappa shape index (κ2) is 10.7. The summed E-state index contributed by atoms with van der Waals surface area (Å²) in [7, 11) is 0. The van der Waals surface area contributed by atoms with E-state index in [1.54, 1.807) is 19.1 Å². The maximum Gasteiger partial charge on any atom is 0.371 e. The van der Waals surface area contributed by atoms with Crippen molar-refractivity contribution in [2.45, 2.75) is 52.5 Å². The van der Waals surface area contributed by atoms with Crippen molar-refractivity contribution in [3.63, 3.8) is 0 Å². The van der Waals surface area contributed by atoms with Crippen LogP contribution >= 0.6 is 0 Å². The summed E-state index contributed by atoms with van der Waals surface area (Å²) in [4.78, 5) is 24.6. The molecule has 2 heterocycles. The molecule has 2 aromatic heterocycles. The van der Waals surface area contributed by atoms with Crippen LogP contribution in [0.3, 0.4) is 0 Å². The Labute approximate surface area is 225 Å². The van der Waals surface area contributed by atoms with E-state index in [-0.39, 0.29) is 45.8 Å². The Bertz CT molecular complexity index is 1630. The third-order valence-corrected chi connectivity index (χ3v) is 7.09. The molecule has 10 nitrogen and oxygen atoms in total. The molecule has 0 fully saturated rings. The van der Waals surface area contributed by atoms with Gasteiger partial charge in [0, 0.05) is 6.04 Å². The summed E-state index contributed by atoms with van der Waals surface area (Å²) < 4.78 is 6.91. The van der Waals surface area contributed by atoms with E-state index in [2.05, 4.69) is 26.7 Å². The predicted octanol–water partition coefficient (Wildman–Crippen LogP) is 6.10. The minimum absolute atomic E-state index is 0.104. The van der Waals surface area contributed by atoms with E-state index < -0.39 is 5.97 Å². The molecule has 0 saturated carbocycles. The van der Waals surface area contributed by atoms with Crippen LogP contribution in [-0.4, -0.2) is 32.5 Å². The number of benzene rings is 2. The lowest BCUT2D eigenvalue weighted by Gasteiger charge is -2.16. The number of aromatic amines is 1. The highest BCUT2D eigenvalue weighted by molar-refractivity contribution is 5.86. The highest BCUT2D eigenvalue weighted by Gasteiger charge is 2.20. The quantitative estimate of drug-likeness (QED) is 0.203. The van der Waals surface area contributed by atoms with E-state index >= 15 is 0 Å². The number of hydrogen-bond donors (Lipinski definition) is 4. The molecule has 0 spiro atoms. The van der Waals surface area contributed by atoms with Crippen LogP contribution in [-0.2, 0) is 12.8 Å². The molecule has 5 rings (SSSR count). The number of aromatic hydroxyl groups is 1. The molecule has 1 aliphatic carbocycles. The molecule has 10 heteroatoms. The first-order valence-electron chi connectivity index (χ1n) is 13.1. The van der Waals surface area contributed by atoms with Gasteiger partial charge in [-0.25, -0.2) is 9.48 Å². The standard InChI is InChI=1S/C29H31N5O5/c1-4-30-16(2)20-14-22(24-11-12-25(39-24)29(37)38)27(35)23(15-20)31-32-26-17(3)33-34(28(26)36)21-10-9-18-7-5-6-8-19(18)13-21/h9-16,30,33,35H,4-8H2,1-3H3,(H,37,38). The van der Waals surface area contributed by atoms with E-state index in [1.807, 2.05) is 26.0 Å². The van der Waals surface area contributed by atoms with Crippen molar-refractivity contribution in [3.05, 3.63) is 81.0 Å². The maximum absolute atomic E-state index is 13.3. The van der Waals surface area contributed by atoms with Gasteiger partial charge in [0.15, 0.2) is 11.4 Å². The molecule has 1 atom stereocenters. The monoisotopic (exact) mass is 529 g/mol. The Kier molecular flexibility index (Phi) is 7.21. The van der Waals surface area contributed by atoms with Crippen LogP contribution in [0.5, 0.6) is 5.75 Å². The predicted molar refractivity (Wildman–Crippen MR) is 147 cm³/mol. The van der Waals surface area contributed by atoms with E-state index in [4.69, 9.17) is 4.42 Å². The smallest absolute Gasteiger partial charge is 0.371 e. The number of carboxylic acid groups (broad SMARTS) is 1. The van der Waals surface area contributed by atoms with Crippen LogP contribution in [0, 0.1) is 6.92 Å². The van der Waals surface area contributed by atoms with Crippen molar-refractivity contribution >= 4 is 17.3 Å². The lowest BCUT2D eigenvalue weighted by Crippen LogP contribution is -2.17. The molecular weight excluding hydrogens is 498 g/mol. The Morgan fingerprint density at radius 2 is 1.90 bits per heavy atom. The summed E-state index contributed by atoms with van der Waals surface area (Å²) in [6.45, 7) is 6.39. The number of phenolic OH excluding ortho intramolecular Hbond substituents is 1. The number of aromatic nitrogens is 2. The van der Waals surface area contributed by atoms with Gasteiger partial charge in [-0.2, -0.15) is 0 Å². The molecule has 0 radical (unpaired) electrons. The van der Waals surface area contributed by atoms with Gasteiger partial charge >= 0.3 is 5.97 Å². The van der Waals surface area contributed by atoms with Gasteiger partial charge in [0.1, 0.15) is 11.4 Å². The molecule has 0 aliphatic heterocycles. The Balaban J connectivity index is 1.54. The van der Waals surface area contributed by atoms with Crippen LogP contribution in [0.25, 0.3) is 17.0 Å². The first-order valence-corrected chi connectivity index (χ1v) is 13.1. The first kappa shape index (κ1) is 26.2. The maximum atomic E-state index is 13.3. The highest BCUT2D eigenvalue weighted by Crippen LogP contribution is 2.41. The van der Waals surface area contributed by atoms with Crippen molar-refractivity contribution in [2.24, 2.45) is 10.2 Å². The van der Waals surface area contributed by atoms with E-state index in [1.165, 1.54) is 34.4 Å². The normalized spacial score (nSPS) is 14.0. The minimum Gasteiger partial charge on any atom is -0.505 e. The number of H-pyrrole nitrogens is 1. The van der Waals surface area contributed by atoms with E-state index in [0.29, 0.717) is 12.2 Å². The third kappa shape index (κ3) is 5.15. The van der Waals surface area contributed by atoms with Crippen molar-refractivity contribution in [1.82, 2.24) is 15.1 Å². The number of nitrogens with one attached hydrogen (secondary N) is 2. The fourth-order valence-electron chi connectivity index (χ4n) is 4.98. The number of carboxylic acids is 1. The zero-order valence-corrected chi connectivity index (χ0v) is 22.1. The van der Waals surface area contributed by atoms with Gasteiger partial charge in [-0.15, -0.1) is 10.2 Å². The average Bonchev–Trinajstić information content (AvgIpc) is 3.53. The number of aryl methyl sites for hydroxylation is 3. The Morgan fingerprint density at radius 3 is 2.62 bits per heavy atom. The molecule has 4 aromatic rings. The van der Waals surface area contributed by atoms with Crippen molar-refractivity contribution in [2.75, 3.05) is 6.54 Å². The first-order chi connectivity index (χ1) is 18.8. The molecule has 0 amide bonds. The van der Waals surface area contributed by atoms with Gasteiger partial charge in [0.25, 0.3) is 5.56 Å². The topological polar surface area (TPSA) is 145 Å². The molecule has 4 N–H and O–H groups in total. The summed E-state index contributed by atoms with van der Waals surface area (Å²) in [5.74, 6) is -1.51. The number of azo groups is 1. The lowest BCUT2D eigenvalue weighted by atomic mass is 9.91. The molecule has 202 valence electrons. The molecule has 2 aromatic carbocycles. The number of phenols is 1. The number of hydrogen-bond acceptors (Lipinski definition) is 7. The highest BCUT2D eigenvalue weighted by atomic mass is 16.4. The number of fused-ring (bicyclic) bond motifs is 1. The second-order valence-electron chi connectivity index (χ2n) is 9.77. The van der Waals surface area contributed by atoms with Gasteiger partial charge in [-0.05, 0) is 99.2 Å². The van der Waals surface area contributed by atoms with Crippen LogP contribution in [0.1, 0.15) is 65.7 Å². The molecule has 0 bridgehead atoms. The van der Waals surface area contributed by atoms with E-state index in [0.717, 1.165) is 30.5 Å². The number of furan rings is 1. The van der Waals surface area contributed by atoms with Crippen LogP contribution in [0.4, 0.5) is 11.4 Å². The molecule has 1 aliphatic rings. The summed E-state index contributed by atoms with van der Waals surface area (Å²) in [6, 6.07) is 12.2. The average molecular weight is 530 g/mol. The van der Waals surface area contributed by atoms with Crippen molar-refractivity contribution < 1.29 is 19.4 Å². The van der Waals surface area contributed by atoms with Gasteiger partial charge in [0.2, 0.25) is 5.76 Å². The summed E-state index contributed by atoms with van der Waals surface area (Å²) in [5.41, 5.74) is 4.83. The van der Waals surface area contributed by atoms with Crippen molar-refractivity contribution in [1.29, 1.82) is 0 Å². The molecule has 39 heavy (non-hydrogen) atoms. The summed E-state index contributed by atoms with van der Waals surface area (Å²) >= 11 is 0. The van der Waals surface area contributed by atoms with Gasteiger partial charge < -0.3 is 19.9 Å². The van der Waals surface area contributed by atoms with Crippen molar-refractivity contribution in [3.8, 4) is 22.8 Å². The fourth-order valence-corrected chi connectivity index (χ4v) is 4.98. The number of aromatic carboxylic acids is 1. The Hall–Kier alpha value is -4.44. The number of nitrogens with zero attached hydrogens (tertiary/aromatic N) is 3. The van der Waals surface area contributed by atoms with Crippen LogP contribution < -0.4 is 10.9 Å². The zero-order chi connectivity index (χ0) is 27.7. The van der Waals surface area contributed by atoms with E-state index in [9.17, 15) is 19.8 Å². The fraction of sp³-hybridized carbons (Fsp3) is 0.310. The van der Waals surface area contributed by atoms with Gasteiger partial charge in [0.05, 0.1) is 16.9 Å². The molecular formula is C29H31N5O5. The lowest BCUT2D eigenvalue weighted by molar-refractivity contribution is 0.0663. The molecule has 1 unspecified atom stereocenters. The largest absolute Gasteiger partial charge is 0.505 e. The minimum atomic E-state index is -1.21. The van der Waals surface area contributed by atoms with Crippen LogP contribution in [0.2, 0.25) is 0 Å². The van der Waals surface area contributed by atoms with Gasteiger partial charge in [-0.1, -0.05) is 13.0 Å². The third-order valence-electron chi connectivity index (χ3n) is 7.09. The zero-order valence-electron chi connectivity index (χ0n) is 22.1. The summed E-state index contributed by atoms with van der Waals surface area (Å²) in [5, 5.41) is 35.2. The number of rotatable bonds is 8. The Morgan fingerprint density at radius 1 is 1.13 bits per heavy atom. The van der Waals surface area contributed by atoms with Gasteiger partial charge in [-0.3, -0.25) is 9.89 Å². The summed E-state index contributed by atoms with van der Waals surface area (Å²) in [6.07, 6.45) is 4.38.